The maximum absolute atomic E-state index is 13.2. The van der Waals surface area contributed by atoms with Crippen LogP contribution in [0.3, 0.4) is 0 Å². The monoisotopic (exact) mass is 403 g/mol. The van der Waals surface area contributed by atoms with Crippen molar-refractivity contribution in [2.45, 2.75) is 58.5 Å². The number of carbonyl (C=O) groups is 1. The van der Waals surface area contributed by atoms with Crippen LogP contribution in [0.5, 0.6) is 0 Å². The topological polar surface area (TPSA) is 43.1 Å². The number of aryl methyl sites for hydroxylation is 1. The molecule has 2 N–H and O–H groups in total. The van der Waals surface area contributed by atoms with Crippen LogP contribution in [-0.2, 0) is 12.6 Å². The minimum Gasteiger partial charge on any atom is -0.366 e. The predicted molar refractivity (Wildman–Crippen MR) is 109 cm³/mol. The van der Waals surface area contributed by atoms with Gasteiger partial charge in [0.05, 0.1) is 5.56 Å². The molecule has 0 saturated heterocycles. The Hall–Kier alpha value is -2.30. The molecule has 3 rings (SSSR count). The Morgan fingerprint density at radius 1 is 1.03 bits per heavy atom. The highest BCUT2D eigenvalue weighted by Gasteiger charge is 2.32. The van der Waals surface area contributed by atoms with Gasteiger partial charge >= 0.3 is 6.18 Å². The lowest BCUT2D eigenvalue weighted by Gasteiger charge is -2.34. The highest BCUT2D eigenvalue weighted by atomic mass is 19.4. The zero-order valence-electron chi connectivity index (χ0n) is 17.0. The molecular weight excluding hydrogens is 375 g/mol. The van der Waals surface area contributed by atoms with E-state index < -0.39 is 17.6 Å². The van der Waals surface area contributed by atoms with E-state index in [1.54, 1.807) is 0 Å². The normalized spacial score (nSPS) is 17.3. The van der Waals surface area contributed by atoms with Gasteiger partial charge in [0, 0.05) is 5.56 Å². The number of rotatable bonds is 5. The van der Waals surface area contributed by atoms with Gasteiger partial charge in [-0.15, -0.1) is 0 Å². The quantitative estimate of drug-likeness (QED) is 0.599. The number of amides is 1. The van der Waals surface area contributed by atoms with Crippen molar-refractivity contribution in [2.24, 2.45) is 17.1 Å². The first kappa shape index (κ1) is 21.4. The van der Waals surface area contributed by atoms with Crippen LogP contribution in [0.15, 0.2) is 42.5 Å². The Labute approximate surface area is 170 Å². The molecule has 2 aromatic carbocycles. The Morgan fingerprint density at radius 3 is 2.21 bits per heavy atom. The van der Waals surface area contributed by atoms with Crippen molar-refractivity contribution < 1.29 is 18.0 Å². The van der Waals surface area contributed by atoms with E-state index in [2.05, 4.69) is 13.8 Å². The van der Waals surface area contributed by atoms with E-state index in [4.69, 9.17) is 5.73 Å². The van der Waals surface area contributed by atoms with Gasteiger partial charge in [-0.1, -0.05) is 38.1 Å². The van der Waals surface area contributed by atoms with Gasteiger partial charge in [0.25, 0.3) is 0 Å². The van der Waals surface area contributed by atoms with Crippen LogP contribution < -0.4 is 5.73 Å². The minimum absolute atomic E-state index is 0.140. The first-order chi connectivity index (χ1) is 13.5. The summed E-state index contributed by atoms with van der Waals surface area (Å²) in [7, 11) is 0. The predicted octanol–water partition coefficient (Wildman–Crippen LogP) is 6.62. The number of nitrogens with two attached hydrogens (primary N) is 1. The second-order valence-electron chi connectivity index (χ2n) is 9.00. The second kappa shape index (κ2) is 8.21. The van der Waals surface area contributed by atoms with Crippen LogP contribution in [0.2, 0.25) is 0 Å². The molecule has 29 heavy (non-hydrogen) atoms. The van der Waals surface area contributed by atoms with E-state index in [9.17, 15) is 18.0 Å². The van der Waals surface area contributed by atoms with E-state index in [1.807, 2.05) is 24.3 Å². The van der Waals surface area contributed by atoms with Gasteiger partial charge in [-0.05, 0) is 84.7 Å². The molecule has 0 atom stereocenters. The zero-order chi connectivity index (χ0) is 21.2. The second-order valence-corrected chi connectivity index (χ2v) is 9.00. The van der Waals surface area contributed by atoms with Gasteiger partial charge in [0.15, 0.2) is 0 Å². The van der Waals surface area contributed by atoms with E-state index in [-0.39, 0.29) is 5.56 Å². The molecule has 0 radical (unpaired) electrons. The minimum atomic E-state index is -4.53. The molecule has 0 bridgehead atoms. The Morgan fingerprint density at radius 2 is 1.66 bits per heavy atom. The van der Waals surface area contributed by atoms with Gasteiger partial charge in [-0.3, -0.25) is 4.79 Å². The van der Waals surface area contributed by atoms with Gasteiger partial charge < -0.3 is 5.73 Å². The highest BCUT2D eigenvalue weighted by molar-refractivity contribution is 5.94. The molecule has 5 heteroatoms. The molecule has 1 amide bonds. The van der Waals surface area contributed by atoms with Crippen molar-refractivity contribution in [3.05, 3.63) is 59.2 Å². The first-order valence-electron chi connectivity index (χ1n) is 10.1. The molecule has 0 aliphatic heterocycles. The molecule has 0 spiro atoms. The largest absolute Gasteiger partial charge is 0.416 e. The van der Waals surface area contributed by atoms with Crippen LogP contribution in [0, 0.1) is 11.3 Å². The van der Waals surface area contributed by atoms with Crippen LogP contribution in [0.1, 0.15) is 67.4 Å². The summed E-state index contributed by atoms with van der Waals surface area (Å²) in [5, 5.41) is 0. The first-order valence-corrected chi connectivity index (χ1v) is 10.1. The number of hydrogen-bond acceptors (Lipinski definition) is 1. The molecule has 156 valence electrons. The standard InChI is InChI=1S/C24H28F3NO/c1-23(2)11-9-17(10-12-23)4-3-16-5-7-18(8-6-16)19-13-20(22(28)29)15-21(14-19)24(25,26)27/h5-8,13-15,17H,3-4,9-12H2,1-2H3,(H2,28,29). The summed E-state index contributed by atoms with van der Waals surface area (Å²) in [5.41, 5.74) is 6.84. The zero-order valence-corrected chi connectivity index (χ0v) is 17.0. The fraction of sp³-hybridized carbons (Fsp3) is 0.458. The lowest BCUT2D eigenvalue weighted by molar-refractivity contribution is -0.137. The summed E-state index contributed by atoms with van der Waals surface area (Å²) in [6.45, 7) is 4.67. The summed E-state index contributed by atoms with van der Waals surface area (Å²) >= 11 is 0. The third kappa shape index (κ3) is 5.62. The number of halogens is 3. The summed E-state index contributed by atoms with van der Waals surface area (Å²) in [6.07, 6.45) is 2.67. The van der Waals surface area contributed by atoms with Gasteiger partial charge in [-0.2, -0.15) is 13.2 Å². The Balaban J connectivity index is 1.71. The van der Waals surface area contributed by atoms with Crippen LogP contribution in [0.4, 0.5) is 13.2 Å². The Kier molecular flexibility index (Phi) is 6.06. The molecule has 1 saturated carbocycles. The molecule has 1 aliphatic carbocycles. The Bertz CT molecular complexity index is 859. The van der Waals surface area contributed by atoms with Gasteiger partial charge in [0.1, 0.15) is 0 Å². The molecular formula is C24H28F3NO. The molecule has 0 unspecified atom stereocenters. The number of carbonyl (C=O) groups excluding carboxylic acids is 1. The fourth-order valence-corrected chi connectivity index (χ4v) is 4.08. The third-order valence-corrected chi connectivity index (χ3v) is 6.13. The number of benzene rings is 2. The number of hydrogen-bond donors (Lipinski definition) is 1. The molecule has 0 heterocycles. The van der Waals surface area contributed by atoms with Crippen molar-refractivity contribution in [1.82, 2.24) is 0 Å². The SMILES string of the molecule is CC1(C)CCC(CCc2ccc(-c3cc(C(N)=O)cc(C(F)(F)F)c3)cc2)CC1. The maximum Gasteiger partial charge on any atom is 0.416 e. The van der Waals surface area contributed by atoms with Gasteiger partial charge in [-0.25, -0.2) is 0 Å². The van der Waals surface area contributed by atoms with Crippen LogP contribution >= 0.6 is 0 Å². The van der Waals surface area contributed by atoms with E-state index >= 15 is 0 Å². The average Bonchev–Trinajstić information content (AvgIpc) is 2.66. The van der Waals surface area contributed by atoms with Crippen molar-refractivity contribution in [2.75, 3.05) is 0 Å². The van der Waals surface area contributed by atoms with Gasteiger partial charge in [0.2, 0.25) is 5.91 Å². The molecule has 1 fully saturated rings. The molecule has 2 nitrogen and oxygen atoms in total. The lowest BCUT2D eigenvalue weighted by atomic mass is 9.72. The van der Waals surface area contributed by atoms with Crippen molar-refractivity contribution in [3.8, 4) is 11.1 Å². The summed E-state index contributed by atoms with van der Waals surface area (Å²) < 4.78 is 39.5. The van der Waals surface area contributed by atoms with Crippen molar-refractivity contribution in [3.63, 3.8) is 0 Å². The van der Waals surface area contributed by atoms with Crippen molar-refractivity contribution in [1.29, 1.82) is 0 Å². The lowest BCUT2D eigenvalue weighted by Crippen LogP contribution is -2.21. The van der Waals surface area contributed by atoms with E-state index in [1.165, 1.54) is 37.3 Å². The average molecular weight is 403 g/mol. The summed E-state index contributed by atoms with van der Waals surface area (Å²) in [6, 6.07) is 10.8. The third-order valence-electron chi connectivity index (χ3n) is 6.13. The smallest absolute Gasteiger partial charge is 0.366 e. The van der Waals surface area contributed by atoms with Crippen LogP contribution in [0.25, 0.3) is 11.1 Å². The molecule has 1 aliphatic rings. The van der Waals surface area contributed by atoms with Crippen LogP contribution in [-0.4, -0.2) is 5.91 Å². The summed E-state index contributed by atoms with van der Waals surface area (Å²) in [5.74, 6) is -0.117. The molecule has 0 aromatic heterocycles. The number of alkyl halides is 3. The van der Waals surface area contributed by atoms with E-state index in [0.717, 1.165) is 30.9 Å². The molecule has 2 aromatic rings. The van der Waals surface area contributed by atoms with Crippen molar-refractivity contribution >= 4 is 5.91 Å². The number of primary amides is 1. The highest BCUT2D eigenvalue weighted by Crippen LogP contribution is 2.39. The fourth-order valence-electron chi connectivity index (χ4n) is 4.08. The van der Waals surface area contributed by atoms with E-state index in [0.29, 0.717) is 16.5 Å². The summed E-state index contributed by atoms with van der Waals surface area (Å²) in [4.78, 5) is 11.4. The maximum atomic E-state index is 13.2.